The molecule has 2 rings (SSSR count). The van der Waals surface area contributed by atoms with E-state index in [-0.39, 0.29) is 0 Å². The SMILES string of the molecule is CC(C)C1CCn2ccnc2C1. The molecule has 0 saturated carbocycles. The van der Waals surface area contributed by atoms with Crippen molar-refractivity contribution >= 4 is 0 Å². The smallest absolute Gasteiger partial charge is 0.108 e. The first-order chi connectivity index (χ1) is 5.77. The zero-order valence-corrected chi connectivity index (χ0v) is 7.83. The maximum Gasteiger partial charge on any atom is 0.108 e. The second-order valence-corrected chi connectivity index (χ2v) is 4.03. The number of hydrogen-bond acceptors (Lipinski definition) is 1. The molecule has 0 amide bonds. The van der Waals surface area contributed by atoms with Crippen molar-refractivity contribution in [2.24, 2.45) is 11.8 Å². The molecule has 1 aromatic rings. The van der Waals surface area contributed by atoms with Gasteiger partial charge in [-0.1, -0.05) is 13.8 Å². The Morgan fingerprint density at radius 3 is 3.17 bits per heavy atom. The highest BCUT2D eigenvalue weighted by Gasteiger charge is 2.21. The van der Waals surface area contributed by atoms with Gasteiger partial charge in [-0.3, -0.25) is 0 Å². The molecule has 0 bridgehead atoms. The Bertz CT molecular complexity index is 263. The Balaban J connectivity index is 2.15. The van der Waals surface area contributed by atoms with Gasteiger partial charge in [0, 0.05) is 25.4 Å². The van der Waals surface area contributed by atoms with Crippen molar-refractivity contribution in [3.8, 4) is 0 Å². The van der Waals surface area contributed by atoms with Crippen molar-refractivity contribution in [3.63, 3.8) is 0 Å². The predicted molar refractivity (Wildman–Crippen MR) is 48.9 cm³/mol. The molecule has 0 aromatic carbocycles. The third-order valence-electron chi connectivity index (χ3n) is 2.93. The summed E-state index contributed by atoms with van der Waals surface area (Å²) in [5.41, 5.74) is 0. The summed E-state index contributed by atoms with van der Waals surface area (Å²) in [7, 11) is 0. The number of rotatable bonds is 1. The van der Waals surface area contributed by atoms with Gasteiger partial charge in [-0.2, -0.15) is 0 Å². The zero-order chi connectivity index (χ0) is 8.55. The average Bonchev–Trinajstić information content (AvgIpc) is 2.49. The molecule has 66 valence electrons. The minimum Gasteiger partial charge on any atom is -0.335 e. The van der Waals surface area contributed by atoms with Crippen LogP contribution in [0.2, 0.25) is 0 Å². The van der Waals surface area contributed by atoms with Crippen molar-refractivity contribution in [1.29, 1.82) is 0 Å². The van der Waals surface area contributed by atoms with Crippen molar-refractivity contribution < 1.29 is 0 Å². The van der Waals surface area contributed by atoms with Crippen LogP contribution in [0.4, 0.5) is 0 Å². The molecule has 0 radical (unpaired) electrons. The lowest BCUT2D eigenvalue weighted by molar-refractivity contribution is 0.298. The molecule has 1 aromatic heterocycles. The van der Waals surface area contributed by atoms with Gasteiger partial charge in [0.05, 0.1) is 0 Å². The first kappa shape index (κ1) is 7.84. The van der Waals surface area contributed by atoms with Gasteiger partial charge < -0.3 is 4.57 Å². The van der Waals surface area contributed by atoms with E-state index in [9.17, 15) is 0 Å². The number of nitrogens with zero attached hydrogens (tertiary/aromatic N) is 2. The lowest BCUT2D eigenvalue weighted by Gasteiger charge is -2.26. The Morgan fingerprint density at radius 1 is 1.58 bits per heavy atom. The molecule has 1 aliphatic rings. The van der Waals surface area contributed by atoms with Gasteiger partial charge in [0.1, 0.15) is 5.82 Å². The van der Waals surface area contributed by atoms with E-state index in [2.05, 4.69) is 29.6 Å². The van der Waals surface area contributed by atoms with Gasteiger partial charge in [0.15, 0.2) is 0 Å². The van der Waals surface area contributed by atoms with Crippen LogP contribution in [0.25, 0.3) is 0 Å². The third-order valence-corrected chi connectivity index (χ3v) is 2.93. The molecular weight excluding hydrogens is 148 g/mol. The zero-order valence-electron chi connectivity index (χ0n) is 7.83. The van der Waals surface area contributed by atoms with Crippen molar-refractivity contribution in [2.45, 2.75) is 33.2 Å². The summed E-state index contributed by atoms with van der Waals surface area (Å²) in [6.45, 7) is 5.78. The molecule has 1 atom stereocenters. The lowest BCUT2D eigenvalue weighted by Crippen LogP contribution is -2.22. The Hall–Kier alpha value is -0.790. The van der Waals surface area contributed by atoms with E-state index >= 15 is 0 Å². The van der Waals surface area contributed by atoms with Crippen LogP contribution in [-0.2, 0) is 13.0 Å². The molecular formula is C10H16N2. The largest absolute Gasteiger partial charge is 0.335 e. The number of fused-ring (bicyclic) bond motifs is 1. The highest BCUT2D eigenvalue weighted by atomic mass is 15.1. The topological polar surface area (TPSA) is 17.8 Å². The predicted octanol–water partition coefficient (Wildman–Crippen LogP) is 2.10. The number of aromatic nitrogens is 2. The van der Waals surface area contributed by atoms with Crippen LogP contribution >= 0.6 is 0 Å². The van der Waals surface area contributed by atoms with Gasteiger partial charge >= 0.3 is 0 Å². The molecule has 0 aliphatic carbocycles. The van der Waals surface area contributed by atoms with Gasteiger partial charge in [0.2, 0.25) is 0 Å². The molecule has 2 nitrogen and oxygen atoms in total. The molecule has 0 saturated heterocycles. The van der Waals surface area contributed by atoms with E-state index in [4.69, 9.17) is 0 Å². The molecule has 2 heterocycles. The molecule has 1 unspecified atom stereocenters. The molecule has 1 aliphatic heterocycles. The fourth-order valence-electron chi connectivity index (χ4n) is 1.94. The number of hydrogen-bond donors (Lipinski definition) is 0. The Morgan fingerprint density at radius 2 is 2.42 bits per heavy atom. The minimum atomic E-state index is 0.801. The second-order valence-electron chi connectivity index (χ2n) is 4.03. The van der Waals surface area contributed by atoms with E-state index < -0.39 is 0 Å². The van der Waals surface area contributed by atoms with E-state index in [1.54, 1.807) is 0 Å². The fourth-order valence-corrected chi connectivity index (χ4v) is 1.94. The van der Waals surface area contributed by atoms with E-state index in [1.807, 2.05) is 6.20 Å². The Labute approximate surface area is 73.6 Å². The monoisotopic (exact) mass is 164 g/mol. The van der Waals surface area contributed by atoms with Gasteiger partial charge in [-0.15, -0.1) is 0 Å². The van der Waals surface area contributed by atoms with Gasteiger partial charge in [0.25, 0.3) is 0 Å². The fraction of sp³-hybridized carbons (Fsp3) is 0.700. The molecule has 0 spiro atoms. The van der Waals surface area contributed by atoms with Crippen LogP contribution in [0.5, 0.6) is 0 Å². The van der Waals surface area contributed by atoms with Crippen molar-refractivity contribution in [2.75, 3.05) is 0 Å². The van der Waals surface area contributed by atoms with Crippen LogP contribution in [0.1, 0.15) is 26.1 Å². The summed E-state index contributed by atoms with van der Waals surface area (Å²) in [6.07, 6.45) is 6.50. The van der Waals surface area contributed by atoms with Gasteiger partial charge in [-0.25, -0.2) is 4.98 Å². The molecule has 2 heteroatoms. The average molecular weight is 164 g/mol. The summed E-state index contributed by atoms with van der Waals surface area (Å²) < 4.78 is 2.28. The van der Waals surface area contributed by atoms with Gasteiger partial charge in [-0.05, 0) is 18.3 Å². The van der Waals surface area contributed by atoms with Crippen LogP contribution in [0.15, 0.2) is 12.4 Å². The first-order valence-electron chi connectivity index (χ1n) is 4.77. The van der Waals surface area contributed by atoms with Crippen LogP contribution in [0.3, 0.4) is 0 Å². The summed E-state index contributed by atoms with van der Waals surface area (Å²) in [5, 5.41) is 0. The third kappa shape index (κ3) is 1.26. The minimum absolute atomic E-state index is 0.801. The molecule has 0 fully saturated rings. The Kier molecular flexibility index (Phi) is 1.91. The van der Waals surface area contributed by atoms with E-state index in [0.29, 0.717) is 0 Å². The summed E-state index contributed by atoms with van der Waals surface area (Å²) in [5.74, 6) is 2.93. The van der Waals surface area contributed by atoms with E-state index in [1.165, 1.54) is 18.7 Å². The standard InChI is InChI=1S/C10H16N2/c1-8(2)9-3-5-12-6-4-11-10(12)7-9/h4,6,8-9H,3,5,7H2,1-2H3. The van der Waals surface area contributed by atoms with Crippen LogP contribution in [-0.4, -0.2) is 9.55 Å². The summed E-state index contributed by atoms with van der Waals surface area (Å²) >= 11 is 0. The summed E-state index contributed by atoms with van der Waals surface area (Å²) in [4.78, 5) is 4.35. The highest BCUT2D eigenvalue weighted by molar-refractivity contribution is 4.97. The molecule has 12 heavy (non-hydrogen) atoms. The highest BCUT2D eigenvalue weighted by Crippen LogP contribution is 2.24. The van der Waals surface area contributed by atoms with Crippen molar-refractivity contribution in [1.82, 2.24) is 9.55 Å². The van der Waals surface area contributed by atoms with E-state index in [0.717, 1.165) is 18.4 Å². The normalized spacial score (nSPS) is 22.8. The van der Waals surface area contributed by atoms with Crippen molar-refractivity contribution in [3.05, 3.63) is 18.2 Å². The quantitative estimate of drug-likeness (QED) is 0.621. The number of aryl methyl sites for hydroxylation is 1. The second kappa shape index (κ2) is 2.92. The summed E-state index contributed by atoms with van der Waals surface area (Å²) in [6, 6.07) is 0. The van der Waals surface area contributed by atoms with Crippen LogP contribution in [0, 0.1) is 11.8 Å². The lowest BCUT2D eigenvalue weighted by atomic mass is 9.87. The maximum absolute atomic E-state index is 4.35. The molecule has 0 N–H and O–H groups in total. The van der Waals surface area contributed by atoms with Crippen LogP contribution < -0.4 is 0 Å². The first-order valence-corrected chi connectivity index (χ1v) is 4.77. The number of imidazole rings is 1. The maximum atomic E-state index is 4.35.